The van der Waals surface area contributed by atoms with Crippen LogP contribution in [0.3, 0.4) is 0 Å². The van der Waals surface area contributed by atoms with Gasteiger partial charge in [0.2, 0.25) is 0 Å². The van der Waals surface area contributed by atoms with Crippen LogP contribution >= 0.6 is 0 Å². The zero-order valence-electron chi connectivity index (χ0n) is 24.0. The monoisotopic (exact) mass is 521 g/mol. The minimum absolute atomic E-state index is 0.386. The number of aliphatic hydroxyl groups excluding tert-OH is 1. The summed E-state index contributed by atoms with van der Waals surface area (Å²) in [5.74, 6) is 4.70. The topological polar surface area (TPSA) is 48.3 Å². The van der Waals surface area contributed by atoms with Crippen LogP contribution in [0.25, 0.3) is 0 Å². The van der Waals surface area contributed by atoms with Gasteiger partial charge in [-0.2, -0.15) is 0 Å². The van der Waals surface area contributed by atoms with E-state index in [2.05, 4.69) is 36.0 Å². The van der Waals surface area contributed by atoms with Gasteiger partial charge in [-0.1, -0.05) is 12.8 Å². The van der Waals surface area contributed by atoms with Gasteiger partial charge in [-0.25, -0.2) is 0 Å². The third kappa shape index (κ3) is 6.47. The molecule has 0 spiro atoms. The van der Waals surface area contributed by atoms with Gasteiger partial charge in [0.25, 0.3) is 0 Å². The Morgan fingerprint density at radius 3 is 2.53 bits per heavy atom. The minimum atomic E-state index is 0.386. The number of aliphatic hydroxyl groups is 1. The minimum Gasteiger partial charge on any atom is -0.493 e. The molecule has 0 amide bonds. The number of benzene rings is 1. The van der Waals surface area contributed by atoms with Crippen LogP contribution < -0.4 is 4.74 Å². The highest BCUT2D eigenvalue weighted by molar-refractivity contribution is 6.03. The third-order valence-corrected chi connectivity index (χ3v) is 10.3. The number of fused-ring (bicyclic) bond motifs is 2. The first-order chi connectivity index (χ1) is 18.6. The summed E-state index contributed by atoms with van der Waals surface area (Å²) < 4.78 is 6.40. The van der Waals surface area contributed by atoms with Gasteiger partial charge in [-0.15, -0.1) is 0 Å². The molecule has 1 N–H and O–H groups in total. The average Bonchev–Trinajstić information content (AvgIpc) is 3.84. The van der Waals surface area contributed by atoms with E-state index in [0.717, 1.165) is 43.1 Å². The molecule has 1 aromatic carbocycles. The second kappa shape index (κ2) is 12.0. The largest absolute Gasteiger partial charge is 0.493 e. The number of aliphatic imine (C=N–C) groups is 1. The Morgan fingerprint density at radius 1 is 1.00 bits per heavy atom. The van der Waals surface area contributed by atoms with Crippen LogP contribution in [0.15, 0.2) is 17.1 Å². The van der Waals surface area contributed by atoms with Crippen LogP contribution in [0.4, 0.5) is 0 Å². The number of nitrogens with zero attached hydrogens (tertiary/aromatic N) is 3. The van der Waals surface area contributed by atoms with Crippen LogP contribution in [-0.2, 0) is 13.0 Å². The van der Waals surface area contributed by atoms with E-state index >= 15 is 0 Å². The van der Waals surface area contributed by atoms with Gasteiger partial charge >= 0.3 is 0 Å². The van der Waals surface area contributed by atoms with Crippen LogP contribution in [-0.4, -0.2) is 73.6 Å². The van der Waals surface area contributed by atoms with E-state index in [1.165, 1.54) is 113 Å². The van der Waals surface area contributed by atoms with E-state index in [0.29, 0.717) is 24.5 Å². The van der Waals surface area contributed by atoms with Crippen molar-refractivity contribution in [1.29, 1.82) is 0 Å². The quantitative estimate of drug-likeness (QED) is 0.414. The predicted molar refractivity (Wildman–Crippen MR) is 155 cm³/mol. The first-order valence-corrected chi connectivity index (χ1v) is 15.9. The van der Waals surface area contributed by atoms with Crippen LogP contribution in [0.5, 0.6) is 5.75 Å². The number of hydrogen-bond donors (Lipinski definition) is 1. The van der Waals surface area contributed by atoms with E-state index in [1.807, 2.05) is 0 Å². The van der Waals surface area contributed by atoms with E-state index in [-0.39, 0.29) is 0 Å². The lowest BCUT2D eigenvalue weighted by Crippen LogP contribution is -2.40. The Bertz CT molecular complexity index is 979. The van der Waals surface area contributed by atoms with Crippen LogP contribution in [0.2, 0.25) is 0 Å². The van der Waals surface area contributed by atoms with Gasteiger partial charge in [-0.05, 0) is 144 Å². The van der Waals surface area contributed by atoms with Gasteiger partial charge in [0.05, 0.1) is 12.6 Å². The Hall–Kier alpha value is -1.43. The smallest absolute Gasteiger partial charge is 0.124 e. The molecule has 2 aliphatic heterocycles. The Balaban J connectivity index is 1.09. The van der Waals surface area contributed by atoms with Crippen molar-refractivity contribution < 1.29 is 9.84 Å². The van der Waals surface area contributed by atoms with Crippen molar-refractivity contribution in [1.82, 2.24) is 9.80 Å². The molecule has 0 aromatic heterocycles. The number of piperidine rings is 1. The Kier molecular flexibility index (Phi) is 8.44. The number of likely N-dealkylation sites (tertiary alicyclic amines) is 1. The molecular formula is C33H51N3O2. The highest BCUT2D eigenvalue weighted by Gasteiger charge is 2.41. The van der Waals surface area contributed by atoms with Gasteiger partial charge in [0.1, 0.15) is 5.75 Å². The molecule has 2 heterocycles. The van der Waals surface area contributed by atoms with Gasteiger partial charge < -0.3 is 19.6 Å². The van der Waals surface area contributed by atoms with Gasteiger partial charge in [0.15, 0.2) is 0 Å². The Labute approximate surface area is 231 Å². The number of hydrogen-bond acceptors (Lipinski definition) is 5. The van der Waals surface area contributed by atoms with Crippen molar-refractivity contribution >= 4 is 5.71 Å². The summed E-state index contributed by atoms with van der Waals surface area (Å²) in [6.07, 6.45) is 15.4. The summed E-state index contributed by atoms with van der Waals surface area (Å²) in [5, 5.41) is 9.83. The summed E-state index contributed by atoms with van der Waals surface area (Å²) in [6.45, 7) is 5.90. The van der Waals surface area contributed by atoms with Crippen molar-refractivity contribution in [2.24, 2.45) is 34.6 Å². The SMILES string of the molecule is CN(C)Cc1c(OCC2CC2)ccc2c1CC1CC1N=C2CCC1CCN(CC2CCCCC2CO)CC1. The van der Waals surface area contributed by atoms with Crippen LogP contribution in [0.1, 0.15) is 87.3 Å². The maximum atomic E-state index is 9.83. The molecule has 4 fully saturated rings. The number of ether oxygens (including phenoxy) is 1. The highest BCUT2D eigenvalue weighted by Crippen LogP contribution is 2.44. The molecule has 5 heteroatoms. The van der Waals surface area contributed by atoms with Crippen LogP contribution in [0, 0.1) is 29.6 Å². The van der Waals surface area contributed by atoms with E-state index < -0.39 is 0 Å². The summed E-state index contributed by atoms with van der Waals surface area (Å²) in [7, 11) is 4.36. The highest BCUT2D eigenvalue weighted by atomic mass is 16.5. The lowest BCUT2D eigenvalue weighted by molar-refractivity contribution is 0.0828. The summed E-state index contributed by atoms with van der Waals surface area (Å²) >= 11 is 0. The molecule has 210 valence electrons. The fraction of sp³-hybridized carbons (Fsp3) is 0.788. The summed E-state index contributed by atoms with van der Waals surface area (Å²) in [5.41, 5.74) is 5.77. The van der Waals surface area contributed by atoms with Crippen molar-refractivity contribution in [3.63, 3.8) is 0 Å². The van der Waals surface area contributed by atoms with Crippen molar-refractivity contribution in [2.45, 2.75) is 89.6 Å². The molecule has 3 saturated carbocycles. The summed E-state index contributed by atoms with van der Waals surface area (Å²) in [4.78, 5) is 10.4. The molecule has 6 rings (SSSR count). The van der Waals surface area contributed by atoms with Gasteiger partial charge in [-0.3, -0.25) is 4.99 Å². The molecule has 4 unspecified atom stereocenters. The zero-order chi connectivity index (χ0) is 26.1. The standard InChI is InChI=1S/C33H51N3O2/c1-35(2)20-30-29-17-27-18-32(27)34-31(28(29)10-12-33(30)38-22-24-7-8-24)11-9-23-13-15-36(16-14-23)19-25-5-3-4-6-26(25)21-37/h10,12,23-27,32,37H,3-9,11,13-22H2,1-2H3. The fourth-order valence-electron chi connectivity index (χ4n) is 7.53. The lowest BCUT2D eigenvalue weighted by Gasteiger charge is -2.38. The van der Waals surface area contributed by atoms with E-state index in [1.54, 1.807) is 0 Å². The molecular weight excluding hydrogens is 470 g/mol. The van der Waals surface area contributed by atoms with Crippen molar-refractivity contribution in [3.8, 4) is 5.75 Å². The fourth-order valence-corrected chi connectivity index (χ4v) is 7.53. The van der Waals surface area contributed by atoms with Crippen molar-refractivity contribution in [3.05, 3.63) is 28.8 Å². The maximum Gasteiger partial charge on any atom is 0.124 e. The second-order valence-corrected chi connectivity index (χ2v) is 13.7. The maximum absolute atomic E-state index is 9.83. The average molecular weight is 522 g/mol. The third-order valence-electron chi connectivity index (χ3n) is 10.3. The molecule has 3 aliphatic carbocycles. The molecule has 0 bridgehead atoms. The predicted octanol–water partition coefficient (Wildman–Crippen LogP) is 5.56. The van der Waals surface area contributed by atoms with Crippen molar-refractivity contribution in [2.75, 3.05) is 46.9 Å². The first kappa shape index (κ1) is 26.8. The first-order valence-electron chi connectivity index (χ1n) is 15.9. The molecule has 38 heavy (non-hydrogen) atoms. The molecule has 0 radical (unpaired) electrons. The molecule has 5 aliphatic rings. The Morgan fingerprint density at radius 2 is 1.79 bits per heavy atom. The van der Waals surface area contributed by atoms with E-state index in [9.17, 15) is 5.11 Å². The normalized spacial score (nSPS) is 29.9. The zero-order valence-corrected chi connectivity index (χ0v) is 24.0. The summed E-state index contributed by atoms with van der Waals surface area (Å²) in [6, 6.07) is 5.16. The van der Waals surface area contributed by atoms with Gasteiger partial charge in [0, 0.05) is 31.0 Å². The number of rotatable bonds is 11. The molecule has 1 aromatic rings. The lowest BCUT2D eigenvalue weighted by atomic mass is 9.79. The second-order valence-electron chi connectivity index (χ2n) is 13.7. The molecule has 4 atom stereocenters. The molecule has 1 saturated heterocycles. The van der Waals surface area contributed by atoms with E-state index in [4.69, 9.17) is 9.73 Å². The molecule has 5 nitrogen and oxygen atoms in total.